The molecule has 0 N–H and O–H groups in total. The van der Waals surface area contributed by atoms with Crippen LogP contribution in [0.15, 0.2) is 79.0 Å². The molecule has 5 rings (SSSR count). The number of Topliss-reactive ketones (excluding diaryl/α,β-unsaturated/α-hetero) is 1. The third-order valence-electron chi connectivity index (χ3n) is 6.71. The average Bonchev–Trinajstić information content (AvgIpc) is 3.26. The summed E-state index contributed by atoms with van der Waals surface area (Å²) in [5.41, 5.74) is 3.94. The third kappa shape index (κ3) is 5.57. The topological polar surface area (TPSA) is 30.0 Å². The number of hydrogen-bond donors (Lipinski definition) is 0. The largest absolute Gasteiger partial charge is 0.299 e. The summed E-state index contributed by atoms with van der Waals surface area (Å²) in [6, 6.07) is 14.4. The number of fused-ring (bicyclic) bond motifs is 1. The van der Waals surface area contributed by atoms with Crippen LogP contribution >= 0.6 is 0 Å². The molecule has 0 bridgehead atoms. The minimum atomic E-state index is -1.03. The molecular weight excluding hydrogens is 497 g/mol. The van der Waals surface area contributed by atoms with Crippen molar-refractivity contribution in [1.82, 2.24) is 4.98 Å². The molecule has 1 aliphatic rings. The molecule has 192 valence electrons. The SMILES string of the molecule is O=C(CC1=CCc2ccc(F)cc21)C[C@@H](Cc1cc(F)cc(F)c1)c1ncccc1-c1ccc(F)c(F)c1. The van der Waals surface area contributed by atoms with Gasteiger partial charge in [-0.15, -0.1) is 0 Å². The molecule has 0 radical (unpaired) electrons. The van der Waals surface area contributed by atoms with Gasteiger partial charge in [-0.2, -0.15) is 0 Å². The molecule has 0 unspecified atom stereocenters. The van der Waals surface area contributed by atoms with Crippen molar-refractivity contribution in [2.24, 2.45) is 0 Å². The number of aromatic nitrogens is 1. The molecule has 3 aromatic carbocycles. The number of benzene rings is 3. The highest BCUT2D eigenvalue weighted by Crippen LogP contribution is 2.36. The van der Waals surface area contributed by atoms with Crippen LogP contribution in [0, 0.1) is 29.1 Å². The lowest BCUT2D eigenvalue weighted by molar-refractivity contribution is -0.118. The first kappa shape index (κ1) is 25.5. The summed E-state index contributed by atoms with van der Waals surface area (Å²) in [6.45, 7) is 0. The molecular formula is C31H22F5NO. The summed E-state index contributed by atoms with van der Waals surface area (Å²) in [4.78, 5) is 17.8. The Morgan fingerprint density at radius 1 is 0.816 bits per heavy atom. The van der Waals surface area contributed by atoms with Gasteiger partial charge in [0.25, 0.3) is 0 Å². The summed E-state index contributed by atoms with van der Waals surface area (Å²) >= 11 is 0. The molecule has 7 heteroatoms. The van der Waals surface area contributed by atoms with Crippen molar-refractivity contribution in [2.45, 2.75) is 31.6 Å². The Morgan fingerprint density at radius 3 is 2.37 bits per heavy atom. The summed E-state index contributed by atoms with van der Waals surface area (Å²) in [5, 5.41) is 0. The van der Waals surface area contributed by atoms with Crippen LogP contribution in [0.5, 0.6) is 0 Å². The van der Waals surface area contributed by atoms with Crippen molar-refractivity contribution < 1.29 is 26.7 Å². The molecule has 1 aliphatic carbocycles. The van der Waals surface area contributed by atoms with Gasteiger partial charge in [-0.05, 0) is 83.1 Å². The van der Waals surface area contributed by atoms with Crippen molar-refractivity contribution in [3.05, 3.63) is 130 Å². The molecule has 0 saturated carbocycles. The number of pyridine rings is 1. The lowest BCUT2D eigenvalue weighted by atomic mass is 9.85. The van der Waals surface area contributed by atoms with Crippen molar-refractivity contribution in [3.8, 4) is 11.1 Å². The summed E-state index contributed by atoms with van der Waals surface area (Å²) in [5.74, 6) is -4.71. The van der Waals surface area contributed by atoms with Gasteiger partial charge in [0.2, 0.25) is 0 Å². The fraction of sp³-hybridized carbons (Fsp3) is 0.161. The van der Waals surface area contributed by atoms with E-state index in [0.29, 0.717) is 34.4 Å². The minimum Gasteiger partial charge on any atom is -0.299 e. The number of allylic oxidation sites excluding steroid dienone is 2. The number of carbonyl (C=O) groups excluding carboxylic acids is 1. The van der Waals surface area contributed by atoms with Crippen molar-refractivity contribution >= 4 is 11.4 Å². The lowest BCUT2D eigenvalue weighted by Gasteiger charge is -2.20. The van der Waals surface area contributed by atoms with Crippen LogP contribution in [0.1, 0.15) is 41.1 Å². The van der Waals surface area contributed by atoms with Gasteiger partial charge in [-0.1, -0.05) is 24.3 Å². The van der Waals surface area contributed by atoms with Gasteiger partial charge >= 0.3 is 0 Å². The van der Waals surface area contributed by atoms with Gasteiger partial charge in [0.1, 0.15) is 23.2 Å². The normalized spacial score (nSPS) is 13.2. The molecule has 0 spiro atoms. The van der Waals surface area contributed by atoms with E-state index in [9.17, 15) is 26.7 Å². The second-order valence-corrected chi connectivity index (χ2v) is 9.40. The summed E-state index contributed by atoms with van der Waals surface area (Å²) in [6.07, 6.45) is 4.11. The second kappa shape index (κ2) is 10.7. The molecule has 1 aromatic heterocycles. The van der Waals surface area contributed by atoms with E-state index >= 15 is 0 Å². The minimum absolute atomic E-state index is 0.0339. The van der Waals surface area contributed by atoms with Crippen LogP contribution in [0.3, 0.4) is 0 Å². The van der Waals surface area contributed by atoms with Gasteiger partial charge in [0, 0.05) is 36.6 Å². The van der Waals surface area contributed by atoms with E-state index in [2.05, 4.69) is 4.98 Å². The van der Waals surface area contributed by atoms with Crippen LogP contribution in [0.2, 0.25) is 0 Å². The first-order valence-corrected chi connectivity index (χ1v) is 12.1. The monoisotopic (exact) mass is 519 g/mol. The third-order valence-corrected chi connectivity index (χ3v) is 6.71. The van der Waals surface area contributed by atoms with Crippen LogP contribution in [0.4, 0.5) is 22.0 Å². The molecule has 4 aromatic rings. The first-order chi connectivity index (χ1) is 18.3. The van der Waals surface area contributed by atoms with E-state index in [1.54, 1.807) is 18.2 Å². The van der Waals surface area contributed by atoms with Gasteiger partial charge in [0.05, 0.1) is 5.69 Å². The maximum atomic E-state index is 14.1. The predicted molar refractivity (Wildman–Crippen MR) is 135 cm³/mol. The van der Waals surface area contributed by atoms with Gasteiger partial charge in [-0.3, -0.25) is 9.78 Å². The van der Waals surface area contributed by atoms with Crippen molar-refractivity contribution in [3.63, 3.8) is 0 Å². The fourth-order valence-electron chi connectivity index (χ4n) is 5.02. The van der Waals surface area contributed by atoms with Crippen LogP contribution in [-0.2, 0) is 17.6 Å². The number of nitrogens with zero attached hydrogens (tertiary/aromatic N) is 1. The quantitative estimate of drug-likeness (QED) is 0.223. The van der Waals surface area contributed by atoms with Crippen molar-refractivity contribution in [2.75, 3.05) is 0 Å². The zero-order valence-electron chi connectivity index (χ0n) is 20.2. The van der Waals surface area contributed by atoms with Crippen LogP contribution in [-0.4, -0.2) is 10.8 Å². The molecule has 0 fully saturated rings. The van der Waals surface area contributed by atoms with Gasteiger partial charge < -0.3 is 0 Å². The average molecular weight is 520 g/mol. The van der Waals surface area contributed by atoms with E-state index in [0.717, 1.165) is 29.3 Å². The standard InChI is InChI=1S/C31H22F5NO/c32-23-7-5-19-3-4-20(28(19)17-23)13-26(38)14-22(10-18-11-24(33)16-25(34)12-18)31-27(2-1-9-37-31)21-6-8-29(35)30(36)15-21/h1-2,4-9,11-12,15-17,22H,3,10,13-14H2/t22-/m1/s1. The Bertz CT molecular complexity index is 1540. The second-order valence-electron chi connectivity index (χ2n) is 9.40. The Hall–Kier alpha value is -4.13. The number of ketones is 1. The highest BCUT2D eigenvalue weighted by molar-refractivity contribution is 5.92. The first-order valence-electron chi connectivity index (χ1n) is 12.1. The predicted octanol–water partition coefficient (Wildman–Crippen LogP) is 7.76. The molecule has 0 saturated heterocycles. The van der Waals surface area contributed by atoms with Gasteiger partial charge in [0.15, 0.2) is 11.6 Å². The van der Waals surface area contributed by atoms with E-state index in [1.807, 2.05) is 6.08 Å². The molecule has 2 nitrogen and oxygen atoms in total. The van der Waals surface area contributed by atoms with E-state index in [4.69, 9.17) is 0 Å². The maximum absolute atomic E-state index is 14.1. The molecule has 1 atom stereocenters. The number of halogens is 5. The zero-order valence-corrected chi connectivity index (χ0v) is 20.2. The number of hydrogen-bond acceptors (Lipinski definition) is 2. The molecule has 38 heavy (non-hydrogen) atoms. The lowest BCUT2D eigenvalue weighted by Crippen LogP contribution is -2.13. The smallest absolute Gasteiger partial charge is 0.159 e. The molecule has 1 heterocycles. The molecule has 0 aliphatic heterocycles. The van der Waals surface area contributed by atoms with Gasteiger partial charge in [-0.25, -0.2) is 22.0 Å². The summed E-state index contributed by atoms with van der Waals surface area (Å²) in [7, 11) is 0. The Balaban J connectivity index is 1.48. The van der Waals surface area contributed by atoms with E-state index < -0.39 is 29.2 Å². The fourth-order valence-corrected chi connectivity index (χ4v) is 5.02. The Kier molecular flexibility index (Phi) is 7.18. The highest BCUT2D eigenvalue weighted by atomic mass is 19.2. The maximum Gasteiger partial charge on any atom is 0.159 e. The number of carbonyl (C=O) groups is 1. The van der Waals surface area contributed by atoms with Crippen LogP contribution in [0.25, 0.3) is 16.7 Å². The number of rotatable bonds is 8. The van der Waals surface area contributed by atoms with Crippen molar-refractivity contribution in [1.29, 1.82) is 0 Å². The highest BCUT2D eigenvalue weighted by Gasteiger charge is 2.25. The molecule has 0 amide bonds. The Labute approximate surface area is 216 Å². The summed E-state index contributed by atoms with van der Waals surface area (Å²) < 4.78 is 69.4. The van der Waals surface area contributed by atoms with E-state index in [-0.39, 0.29) is 30.9 Å². The Morgan fingerprint density at radius 2 is 1.61 bits per heavy atom. The zero-order chi connectivity index (χ0) is 26.8. The van der Waals surface area contributed by atoms with E-state index in [1.165, 1.54) is 36.5 Å². The van der Waals surface area contributed by atoms with Crippen LogP contribution < -0.4 is 0 Å².